The average molecular weight is 1270 g/mol. The maximum atomic E-state index is 13.0. The number of unbranched alkanes of at least 4 members (excludes halogenated alkanes) is 34. The fourth-order valence-corrected chi connectivity index (χ4v) is 11.2. The number of phosphoric ester groups is 2. The first-order valence-electron chi connectivity index (χ1n) is 34.5. The lowest BCUT2D eigenvalue weighted by Crippen LogP contribution is -2.30. The summed E-state index contributed by atoms with van der Waals surface area (Å²) in [6.07, 6.45) is 48.0. The Hall–Kier alpha value is -2.46. The van der Waals surface area contributed by atoms with Gasteiger partial charge in [0.1, 0.15) is 19.3 Å². The number of hydrogen-bond acceptors (Lipinski definition) is 15. The highest BCUT2D eigenvalue weighted by molar-refractivity contribution is 7.47. The second-order valence-corrected chi connectivity index (χ2v) is 26.9. The fourth-order valence-electron chi connectivity index (χ4n) is 9.57. The highest BCUT2D eigenvalue weighted by atomic mass is 31.2. The summed E-state index contributed by atoms with van der Waals surface area (Å²) in [5.41, 5.74) is 0. The lowest BCUT2D eigenvalue weighted by Gasteiger charge is -2.21. The first kappa shape index (κ1) is 83.5. The molecule has 0 aliphatic carbocycles. The minimum atomic E-state index is -4.95. The molecule has 0 aromatic heterocycles. The molecule has 506 valence electrons. The molecule has 0 saturated heterocycles. The molecule has 0 amide bonds. The van der Waals surface area contributed by atoms with Crippen LogP contribution in [0.3, 0.4) is 0 Å². The minimum absolute atomic E-state index is 0.0851. The summed E-state index contributed by atoms with van der Waals surface area (Å²) in [7, 11) is -9.90. The van der Waals surface area contributed by atoms with Crippen LogP contribution in [0, 0.1) is 5.92 Å². The van der Waals surface area contributed by atoms with Crippen LogP contribution in [0.5, 0.6) is 0 Å². The van der Waals surface area contributed by atoms with E-state index in [0.717, 1.165) is 103 Å². The van der Waals surface area contributed by atoms with Gasteiger partial charge >= 0.3 is 39.5 Å². The number of aliphatic hydroxyl groups excluding tert-OH is 1. The molecular formula is C67H126O17P2. The van der Waals surface area contributed by atoms with Crippen molar-refractivity contribution in [1.82, 2.24) is 0 Å². The number of allylic oxidation sites excluding steroid dienone is 4. The van der Waals surface area contributed by atoms with Crippen LogP contribution in [0.2, 0.25) is 0 Å². The molecule has 0 saturated carbocycles. The van der Waals surface area contributed by atoms with E-state index in [1.165, 1.54) is 128 Å². The van der Waals surface area contributed by atoms with Gasteiger partial charge in [-0.3, -0.25) is 37.3 Å². The SMILES string of the molecule is CCCCCC/C=C\C=C/CCCCCCCC(=O)O[C@H](COC(=O)CCCCCCCCCCCCC)COP(=O)(O)OC[C@@H](O)COP(=O)(O)OC[C@@H](COC(=O)CCCCCCCCCCCC)OC(=O)CCCCCCCCCC(C)C. The highest BCUT2D eigenvalue weighted by Crippen LogP contribution is 2.45. The molecule has 0 fully saturated rings. The molecule has 5 atom stereocenters. The van der Waals surface area contributed by atoms with Crippen molar-refractivity contribution in [2.24, 2.45) is 5.92 Å². The predicted octanol–water partition coefficient (Wildman–Crippen LogP) is 18.5. The first-order valence-corrected chi connectivity index (χ1v) is 37.4. The molecule has 0 aliphatic heterocycles. The van der Waals surface area contributed by atoms with Gasteiger partial charge in [-0.1, -0.05) is 264 Å². The van der Waals surface area contributed by atoms with E-state index in [1.54, 1.807) is 0 Å². The van der Waals surface area contributed by atoms with Crippen molar-refractivity contribution in [3.05, 3.63) is 24.3 Å². The molecule has 0 radical (unpaired) electrons. The molecule has 0 heterocycles. The Morgan fingerprint density at radius 2 is 0.628 bits per heavy atom. The fraction of sp³-hybridized carbons (Fsp3) is 0.881. The number of aliphatic hydroxyl groups is 1. The second-order valence-electron chi connectivity index (χ2n) is 24.0. The third-order valence-electron chi connectivity index (χ3n) is 14.9. The number of ether oxygens (including phenoxy) is 4. The molecule has 17 nitrogen and oxygen atoms in total. The third-order valence-corrected chi connectivity index (χ3v) is 16.8. The monoisotopic (exact) mass is 1260 g/mol. The minimum Gasteiger partial charge on any atom is -0.462 e. The normalized spacial score (nSPS) is 14.3. The van der Waals surface area contributed by atoms with E-state index in [2.05, 4.69) is 58.9 Å². The molecule has 19 heteroatoms. The summed E-state index contributed by atoms with van der Waals surface area (Å²) in [6, 6.07) is 0. The van der Waals surface area contributed by atoms with E-state index in [0.29, 0.717) is 31.6 Å². The average Bonchev–Trinajstić information content (AvgIpc) is 3.58. The summed E-state index contributed by atoms with van der Waals surface area (Å²) >= 11 is 0. The Morgan fingerprint density at radius 3 is 0.953 bits per heavy atom. The van der Waals surface area contributed by atoms with Gasteiger partial charge in [-0.05, 0) is 57.3 Å². The number of rotatable bonds is 65. The van der Waals surface area contributed by atoms with Crippen molar-refractivity contribution in [2.45, 2.75) is 335 Å². The van der Waals surface area contributed by atoms with E-state index in [9.17, 15) is 43.2 Å². The molecule has 3 N–H and O–H groups in total. The molecular weight excluding hydrogens is 1140 g/mol. The van der Waals surface area contributed by atoms with Crippen LogP contribution in [-0.2, 0) is 65.4 Å². The highest BCUT2D eigenvalue weighted by Gasteiger charge is 2.30. The Morgan fingerprint density at radius 1 is 0.360 bits per heavy atom. The number of hydrogen-bond donors (Lipinski definition) is 3. The largest absolute Gasteiger partial charge is 0.472 e. The van der Waals surface area contributed by atoms with Gasteiger partial charge < -0.3 is 33.8 Å². The van der Waals surface area contributed by atoms with Gasteiger partial charge in [0.05, 0.1) is 26.4 Å². The Balaban J connectivity index is 5.27. The Labute approximate surface area is 522 Å². The number of esters is 4. The lowest BCUT2D eigenvalue weighted by atomic mass is 10.0. The van der Waals surface area contributed by atoms with Crippen LogP contribution < -0.4 is 0 Å². The van der Waals surface area contributed by atoms with E-state index in [4.69, 9.17) is 37.0 Å². The van der Waals surface area contributed by atoms with Crippen molar-refractivity contribution in [1.29, 1.82) is 0 Å². The second kappa shape index (κ2) is 60.1. The van der Waals surface area contributed by atoms with Crippen LogP contribution in [0.15, 0.2) is 24.3 Å². The topological polar surface area (TPSA) is 237 Å². The van der Waals surface area contributed by atoms with Gasteiger partial charge in [-0.2, -0.15) is 0 Å². The number of phosphoric acid groups is 2. The van der Waals surface area contributed by atoms with Crippen molar-refractivity contribution in [3.63, 3.8) is 0 Å². The van der Waals surface area contributed by atoms with Gasteiger partial charge in [0, 0.05) is 25.7 Å². The van der Waals surface area contributed by atoms with E-state index in [1.807, 2.05) is 0 Å². The van der Waals surface area contributed by atoms with Crippen LogP contribution in [0.25, 0.3) is 0 Å². The zero-order valence-electron chi connectivity index (χ0n) is 54.9. The molecule has 0 aromatic carbocycles. The zero-order chi connectivity index (χ0) is 63.5. The van der Waals surface area contributed by atoms with Crippen LogP contribution in [0.1, 0.15) is 317 Å². The van der Waals surface area contributed by atoms with E-state index < -0.39 is 97.5 Å². The maximum absolute atomic E-state index is 13.0. The van der Waals surface area contributed by atoms with Gasteiger partial charge in [-0.15, -0.1) is 0 Å². The zero-order valence-corrected chi connectivity index (χ0v) is 56.7. The Kier molecular flexibility index (Phi) is 58.4. The smallest absolute Gasteiger partial charge is 0.462 e. The van der Waals surface area contributed by atoms with E-state index in [-0.39, 0.29) is 25.7 Å². The summed E-state index contributed by atoms with van der Waals surface area (Å²) < 4.78 is 68.0. The molecule has 0 spiro atoms. The van der Waals surface area contributed by atoms with Gasteiger partial charge in [0.2, 0.25) is 0 Å². The van der Waals surface area contributed by atoms with Crippen molar-refractivity contribution in [3.8, 4) is 0 Å². The summed E-state index contributed by atoms with van der Waals surface area (Å²) in [5, 5.41) is 10.5. The van der Waals surface area contributed by atoms with Gasteiger partial charge in [0.25, 0.3) is 0 Å². The van der Waals surface area contributed by atoms with Gasteiger partial charge in [0.15, 0.2) is 12.2 Å². The Bertz CT molecular complexity index is 1760. The lowest BCUT2D eigenvalue weighted by molar-refractivity contribution is -0.161. The number of carbonyl (C=O) groups is 4. The molecule has 0 bridgehead atoms. The van der Waals surface area contributed by atoms with Crippen LogP contribution >= 0.6 is 15.6 Å². The molecule has 2 unspecified atom stereocenters. The maximum Gasteiger partial charge on any atom is 0.472 e. The standard InChI is InChI=1S/C67H126O17P2/c1-6-9-12-15-18-21-24-25-26-27-29-32-37-42-47-52-66(71)83-62(56-78-65(70)51-46-41-36-31-28-22-19-16-13-10-7-2)58-81-85(73,74)79-54-61(68)55-80-86(75,76)82-59-63(84-67(72)53-48-43-38-33-34-39-44-49-60(4)5)57-77-64(69)50-45-40-35-30-23-20-17-14-11-8-3/h21,24-26,60-63,68H,6-20,22-23,27-59H2,1-5H3,(H,73,74)(H,75,76)/b24-21-,26-25-/t61-,62-,63-/m1/s1. The summed E-state index contributed by atoms with van der Waals surface area (Å²) in [4.78, 5) is 72.3. The van der Waals surface area contributed by atoms with Crippen molar-refractivity contribution in [2.75, 3.05) is 39.6 Å². The number of carbonyl (C=O) groups excluding carboxylic acids is 4. The molecule has 0 aliphatic rings. The molecule has 0 aromatic rings. The third kappa shape index (κ3) is 60.5. The first-order chi connectivity index (χ1) is 41.5. The molecule has 86 heavy (non-hydrogen) atoms. The van der Waals surface area contributed by atoms with Crippen LogP contribution in [0.4, 0.5) is 0 Å². The predicted molar refractivity (Wildman–Crippen MR) is 344 cm³/mol. The van der Waals surface area contributed by atoms with E-state index >= 15 is 0 Å². The van der Waals surface area contributed by atoms with Crippen molar-refractivity contribution < 1.29 is 80.2 Å². The van der Waals surface area contributed by atoms with Crippen molar-refractivity contribution >= 4 is 39.5 Å². The van der Waals surface area contributed by atoms with Gasteiger partial charge in [-0.25, -0.2) is 9.13 Å². The summed E-state index contributed by atoms with van der Waals surface area (Å²) in [5.74, 6) is -1.47. The molecule has 0 rings (SSSR count). The quantitative estimate of drug-likeness (QED) is 0.0169. The summed E-state index contributed by atoms with van der Waals surface area (Å²) in [6.45, 7) is 7.08. The van der Waals surface area contributed by atoms with Crippen LogP contribution in [-0.4, -0.2) is 96.7 Å².